The van der Waals surface area contributed by atoms with Gasteiger partial charge in [-0.3, -0.25) is 0 Å². The van der Waals surface area contributed by atoms with E-state index in [1.165, 1.54) is 24.0 Å². The van der Waals surface area contributed by atoms with Crippen LogP contribution in [0.15, 0.2) is 48.8 Å². The number of benzene rings is 2. The maximum atomic E-state index is 13.5. The minimum atomic E-state index is -0.366. The SMILES string of the molecule is CCOc1cc(F)ccc1-c1ncnc(Nc2cccc(CSC)c2)n1. The van der Waals surface area contributed by atoms with Gasteiger partial charge in [-0.1, -0.05) is 12.1 Å². The quantitative estimate of drug-likeness (QED) is 0.651. The zero-order valence-corrected chi connectivity index (χ0v) is 15.4. The van der Waals surface area contributed by atoms with Gasteiger partial charge in [0.1, 0.15) is 17.9 Å². The molecule has 5 nitrogen and oxygen atoms in total. The van der Waals surface area contributed by atoms with Crippen molar-refractivity contribution in [2.45, 2.75) is 12.7 Å². The summed E-state index contributed by atoms with van der Waals surface area (Å²) in [7, 11) is 0. The molecular formula is C19H19FN4OS. The topological polar surface area (TPSA) is 59.9 Å². The van der Waals surface area contributed by atoms with E-state index in [4.69, 9.17) is 4.74 Å². The first-order valence-electron chi connectivity index (χ1n) is 8.16. The molecule has 0 spiro atoms. The molecule has 0 amide bonds. The lowest BCUT2D eigenvalue weighted by Gasteiger charge is -2.10. The number of anilines is 2. The number of nitrogens with one attached hydrogen (secondary N) is 1. The lowest BCUT2D eigenvalue weighted by atomic mass is 10.2. The molecule has 0 bridgehead atoms. The highest BCUT2D eigenvalue weighted by Gasteiger charge is 2.12. The summed E-state index contributed by atoms with van der Waals surface area (Å²) in [6.45, 7) is 2.27. The van der Waals surface area contributed by atoms with E-state index >= 15 is 0 Å². The van der Waals surface area contributed by atoms with Crippen LogP contribution in [-0.2, 0) is 5.75 Å². The number of hydrogen-bond acceptors (Lipinski definition) is 6. The number of ether oxygens (including phenoxy) is 1. The van der Waals surface area contributed by atoms with Gasteiger partial charge in [0.2, 0.25) is 5.95 Å². The predicted octanol–water partition coefficient (Wildman–Crippen LogP) is 4.68. The van der Waals surface area contributed by atoms with Crippen LogP contribution in [0.2, 0.25) is 0 Å². The van der Waals surface area contributed by atoms with Crippen LogP contribution in [0.4, 0.5) is 16.0 Å². The standard InChI is InChI=1S/C19H19FN4OS/c1-3-25-17-10-14(20)7-8-16(17)18-21-12-22-19(24-18)23-15-6-4-5-13(9-15)11-26-2/h4-10,12H,3,11H2,1-2H3,(H,21,22,23,24). The normalized spacial score (nSPS) is 10.6. The van der Waals surface area contributed by atoms with Crippen LogP contribution in [0.1, 0.15) is 12.5 Å². The van der Waals surface area contributed by atoms with Crippen molar-refractivity contribution >= 4 is 23.4 Å². The summed E-state index contributed by atoms with van der Waals surface area (Å²) in [5.41, 5.74) is 2.74. The smallest absolute Gasteiger partial charge is 0.230 e. The van der Waals surface area contributed by atoms with E-state index in [2.05, 4.69) is 38.7 Å². The highest BCUT2D eigenvalue weighted by atomic mass is 32.2. The lowest BCUT2D eigenvalue weighted by molar-refractivity contribution is 0.339. The van der Waals surface area contributed by atoms with E-state index in [0.29, 0.717) is 29.7 Å². The van der Waals surface area contributed by atoms with Crippen LogP contribution in [0.3, 0.4) is 0 Å². The zero-order chi connectivity index (χ0) is 18.4. The van der Waals surface area contributed by atoms with Crippen molar-refractivity contribution in [1.29, 1.82) is 0 Å². The number of halogens is 1. The van der Waals surface area contributed by atoms with Crippen molar-refractivity contribution in [3.8, 4) is 17.1 Å². The third-order valence-electron chi connectivity index (χ3n) is 3.55. The number of hydrogen-bond donors (Lipinski definition) is 1. The van der Waals surface area contributed by atoms with E-state index in [0.717, 1.165) is 11.4 Å². The number of thioether (sulfide) groups is 1. The summed E-state index contributed by atoms with van der Waals surface area (Å²) in [5.74, 6) is 1.82. The maximum absolute atomic E-state index is 13.5. The Balaban J connectivity index is 1.88. The van der Waals surface area contributed by atoms with Crippen molar-refractivity contribution in [1.82, 2.24) is 15.0 Å². The molecule has 0 fully saturated rings. The molecule has 0 saturated carbocycles. The second-order valence-electron chi connectivity index (χ2n) is 5.46. The van der Waals surface area contributed by atoms with Gasteiger partial charge in [0, 0.05) is 17.5 Å². The highest BCUT2D eigenvalue weighted by molar-refractivity contribution is 7.97. The van der Waals surface area contributed by atoms with E-state index in [1.54, 1.807) is 17.8 Å². The molecule has 0 radical (unpaired) electrons. The number of nitrogens with zero attached hydrogens (tertiary/aromatic N) is 3. The maximum Gasteiger partial charge on any atom is 0.230 e. The minimum Gasteiger partial charge on any atom is -0.493 e. The van der Waals surface area contributed by atoms with E-state index < -0.39 is 0 Å². The van der Waals surface area contributed by atoms with Gasteiger partial charge < -0.3 is 10.1 Å². The van der Waals surface area contributed by atoms with Gasteiger partial charge in [-0.05, 0) is 43.0 Å². The summed E-state index contributed by atoms with van der Waals surface area (Å²) in [4.78, 5) is 12.8. The van der Waals surface area contributed by atoms with Gasteiger partial charge in [0.05, 0.1) is 12.2 Å². The summed E-state index contributed by atoms with van der Waals surface area (Å²) < 4.78 is 19.0. The molecule has 134 valence electrons. The highest BCUT2D eigenvalue weighted by Crippen LogP contribution is 2.29. The van der Waals surface area contributed by atoms with Crippen molar-refractivity contribution in [2.24, 2.45) is 0 Å². The first-order chi connectivity index (χ1) is 12.7. The van der Waals surface area contributed by atoms with Gasteiger partial charge in [0.25, 0.3) is 0 Å². The van der Waals surface area contributed by atoms with Crippen LogP contribution in [0.5, 0.6) is 5.75 Å². The molecule has 26 heavy (non-hydrogen) atoms. The van der Waals surface area contributed by atoms with Gasteiger partial charge in [0.15, 0.2) is 5.82 Å². The molecule has 1 heterocycles. The fourth-order valence-electron chi connectivity index (χ4n) is 2.48. The monoisotopic (exact) mass is 370 g/mol. The third-order valence-corrected chi connectivity index (χ3v) is 4.17. The molecule has 1 N–H and O–H groups in total. The van der Waals surface area contributed by atoms with Crippen LogP contribution in [0, 0.1) is 5.82 Å². The van der Waals surface area contributed by atoms with Crippen LogP contribution in [0.25, 0.3) is 11.4 Å². The van der Waals surface area contributed by atoms with Gasteiger partial charge >= 0.3 is 0 Å². The molecule has 0 aliphatic rings. The Bertz CT molecular complexity index is 891. The molecule has 0 unspecified atom stereocenters. The number of aromatic nitrogens is 3. The summed E-state index contributed by atoms with van der Waals surface area (Å²) in [5, 5.41) is 3.19. The Morgan fingerprint density at radius 1 is 1.15 bits per heavy atom. The molecule has 0 saturated heterocycles. The number of rotatable bonds is 7. The molecule has 7 heteroatoms. The Labute approximate surface area is 156 Å². The summed E-state index contributed by atoms with van der Waals surface area (Å²) >= 11 is 1.76. The summed E-state index contributed by atoms with van der Waals surface area (Å²) in [6.07, 6.45) is 3.49. The molecule has 3 rings (SSSR count). The van der Waals surface area contributed by atoms with Crippen LogP contribution >= 0.6 is 11.8 Å². The molecular weight excluding hydrogens is 351 g/mol. The average Bonchev–Trinajstić information content (AvgIpc) is 2.63. The minimum absolute atomic E-state index is 0.366. The summed E-state index contributed by atoms with van der Waals surface area (Å²) in [6, 6.07) is 12.4. The molecule has 2 aromatic carbocycles. The first-order valence-corrected chi connectivity index (χ1v) is 9.55. The Hall–Kier alpha value is -2.67. The molecule has 0 atom stereocenters. The zero-order valence-electron chi connectivity index (χ0n) is 14.6. The van der Waals surface area contributed by atoms with Crippen LogP contribution < -0.4 is 10.1 Å². The van der Waals surface area contributed by atoms with Gasteiger partial charge in [-0.15, -0.1) is 0 Å². The molecule has 0 aliphatic heterocycles. The second-order valence-corrected chi connectivity index (χ2v) is 6.33. The third kappa shape index (κ3) is 4.49. The molecule has 1 aromatic heterocycles. The lowest BCUT2D eigenvalue weighted by Crippen LogP contribution is -2.02. The van der Waals surface area contributed by atoms with Crippen molar-refractivity contribution in [2.75, 3.05) is 18.2 Å². The van der Waals surface area contributed by atoms with Crippen molar-refractivity contribution in [3.63, 3.8) is 0 Å². The van der Waals surface area contributed by atoms with Gasteiger partial charge in [-0.25, -0.2) is 14.4 Å². The molecule has 0 aliphatic carbocycles. The van der Waals surface area contributed by atoms with E-state index in [9.17, 15) is 4.39 Å². The van der Waals surface area contributed by atoms with Crippen LogP contribution in [-0.4, -0.2) is 27.8 Å². The van der Waals surface area contributed by atoms with Crippen molar-refractivity contribution in [3.05, 3.63) is 60.2 Å². The van der Waals surface area contributed by atoms with Crippen molar-refractivity contribution < 1.29 is 9.13 Å². The largest absolute Gasteiger partial charge is 0.493 e. The fourth-order valence-corrected chi connectivity index (χ4v) is 2.99. The second kappa shape index (κ2) is 8.62. The Morgan fingerprint density at radius 3 is 2.85 bits per heavy atom. The van der Waals surface area contributed by atoms with E-state index in [1.807, 2.05) is 19.1 Å². The molecule has 3 aromatic rings. The first kappa shape index (κ1) is 18.1. The van der Waals surface area contributed by atoms with Gasteiger partial charge in [-0.2, -0.15) is 16.7 Å². The predicted molar refractivity (Wildman–Crippen MR) is 103 cm³/mol. The fraction of sp³-hybridized carbons (Fsp3) is 0.211. The average molecular weight is 370 g/mol. The Kier molecular flexibility index (Phi) is 6.01. The van der Waals surface area contributed by atoms with E-state index in [-0.39, 0.29) is 5.82 Å². The Morgan fingerprint density at radius 2 is 2.04 bits per heavy atom.